The Hall–Kier alpha value is -3.12. The van der Waals surface area contributed by atoms with Gasteiger partial charge in [-0.25, -0.2) is 13.2 Å². The summed E-state index contributed by atoms with van der Waals surface area (Å²) in [6.45, 7) is 1.86. The second-order valence-electron chi connectivity index (χ2n) is 6.93. The number of nitrogens with one attached hydrogen (secondary N) is 1. The van der Waals surface area contributed by atoms with Crippen LogP contribution in [0.1, 0.15) is 33.5 Å². The van der Waals surface area contributed by atoms with Gasteiger partial charge in [0.1, 0.15) is 0 Å². The van der Waals surface area contributed by atoms with Crippen molar-refractivity contribution in [3.05, 3.63) is 95.1 Å². The number of carboxylic acid groups (broad SMARTS) is 1. The highest BCUT2D eigenvalue weighted by atomic mass is 32.2. The standard InChI is InChI=1S/C23H23NO4S/c1-17-6-4-10-21(16-17)29(27,28)24-22-11-3-2-8-19(22)9-5-7-18-12-14-20(15-13-18)23(25)26/h2-4,6,8,10-16,24H,5,7,9H2,1H3,(H,25,26). The molecule has 0 fully saturated rings. The first-order valence-corrected chi connectivity index (χ1v) is 10.8. The summed E-state index contributed by atoms with van der Waals surface area (Å²) in [5.74, 6) is -0.939. The van der Waals surface area contributed by atoms with Crippen LogP contribution in [0.25, 0.3) is 0 Å². The zero-order valence-electron chi connectivity index (χ0n) is 16.1. The van der Waals surface area contributed by atoms with Gasteiger partial charge in [-0.05, 0) is 73.2 Å². The fourth-order valence-electron chi connectivity index (χ4n) is 3.12. The first-order valence-electron chi connectivity index (χ1n) is 9.35. The summed E-state index contributed by atoms with van der Waals surface area (Å²) in [5, 5.41) is 8.97. The Morgan fingerprint density at radius 3 is 2.34 bits per heavy atom. The highest BCUT2D eigenvalue weighted by molar-refractivity contribution is 7.92. The van der Waals surface area contributed by atoms with E-state index in [1.807, 2.05) is 43.3 Å². The van der Waals surface area contributed by atoms with Crippen molar-refractivity contribution in [2.45, 2.75) is 31.1 Å². The van der Waals surface area contributed by atoms with Crippen molar-refractivity contribution < 1.29 is 18.3 Å². The maximum absolute atomic E-state index is 12.7. The maximum Gasteiger partial charge on any atom is 0.335 e. The molecule has 0 atom stereocenters. The van der Waals surface area contributed by atoms with Crippen molar-refractivity contribution in [2.75, 3.05) is 4.72 Å². The molecule has 0 aliphatic rings. The summed E-state index contributed by atoms with van der Waals surface area (Å²) < 4.78 is 28.2. The fourth-order valence-corrected chi connectivity index (χ4v) is 4.33. The molecule has 0 heterocycles. The van der Waals surface area contributed by atoms with E-state index in [0.29, 0.717) is 12.1 Å². The molecule has 3 rings (SSSR count). The molecule has 0 aromatic heterocycles. The molecule has 0 spiro atoms. The Balaban J connectivity index is 1.68. The second kappa shape index (κ2) is 8.92. The van der Waals surface area contributed by atoms with Crippen LogP contribution in [-0.4, -0.2) is 19.5 Å². The molecular formula is C23H23NO4S. The molecule has 0 saturated carbocycles. The number of anilines is 1. The lowest BCUT2D eigenvalue weighted by Gasteiger charge is -2.13. The zero-order chi connectivity index (χ0) is 20.9. The number of benzene rings is 3. The Kier molecular flexibility index (Phi) is 6.34. The minimum absolute atomic E-state index is 0.242. The van der Waals surface area contributed by atoms with Crippen molar-refractivity contribution in [3.63, 3.8) is 0 Å². The SMILES string of the molecule is Cc1cccc(S(=O)(=O)Nc2ccccc2CCCc2ccc(C(=O)O)cc2)c1. The average molecular weight is 410 g/mol. The van der Waals surface area contributed by atoms with Crippen LogP contribution in [0, 0.1) is 6.92 Å². The molecule has 0 radical (unpaired) electrons. The van der Waals surface area contributed by atoms with E-state index in [9.17, 15) is 13.2 Å². The summed E-state index contributed by atoms with van der Waals surface area (Å²) in [6.07, 6.45) is 2.29. The molecule has 3 aromatic carbocycles. The van der Waals surface area contributed by atoms with Crippen molar-refractivity contribution >= 4 is 21.7 Å². The second-order valence-corrected chi connectivity index (χ2v) is 8.62. The monoisotopic (exact) mass is 409 g/mol. The number of aryl methyl sites for hydroxylation is 3. The molecule has 0 aliphatic carbocycles. The first kappa shape index (κ1) is 20.6. The first-order chi connectivity index (χ1) is 13.8. The Morgan fingerprint density at radius 1 is 0.931 bits per heavy atom. The lowest BCUT2D eigenvalue weighted by molar-refractivity contribution is 0.0697. The third-order valence-electron chi connectivity index (χ3n) is 4.67. The largest absolute Gasteiger partial charge is 0.478 e. The zero-order valence-corrected chi connectivity index (χ0v) is 16.9. The molecule has 5 nitrogen and oxygen atoms in total. The van der Waals surface area contributed by atoms with E-state index in [0.717, 1.165) is 29.5 Å². The van der Waals surface area contributed by atoms with Gasteiger partial charge in [-0.2, -0.15) is 0 Å². The van der Waals surface area contributed by atoms with E-state index >= 15 is 0 Å². The predicted octanol–water partition coefficient (Wildman–Crippen LogP) is 4.67. The molecule has 6 heteroatoms. The number of para-hydroxylation sites is 1. The quantitative estimate of drug-likeness (QED) is 0.566. The highest BCUT2D eigenvalue weighted by Crippen LogP contribution is 2.22. The van der Waals surface area contributed by atoms with Crippen molar-refractivity contribution in [1.29, 1.82) is 0 Å². The third kappa shape index (κ3) is 5.45. The van der Waals surface area contributed by atoms with E-state index in [2.05, 4.69) is 4.72 Å². The van der Waals surface area contributed by atoms with E-state index in [1.165, 1.54) is 0 Å². The smallest absolute Gasteiger partial charge is 0.335 e. The van der Waals surface area contributed by atoms with Crippen LogP contribution in [0.2, 0.25) is 0 Å². The minimum Gasteiger partial charge on any atom is -0.478 e. The van der Waals surface area contributed by atoms with E-state index in [-0.39, 0.29) is 10.5 Å². The number of carboxylic acids is 1. The summed E-state index contributed by atoms with van der Waals surface area (Å²) in [4.78, 5) is 11.2. The summed E-state index contributed by atoms with van der Waals surface area (Å²) in [7, 11) is -3.65. The van der Waals surface area contributed by atoms with Gasteiger partial charge in [-0.3, -0.25) is 4.72 Å². The number of hydrogen-bond donors (Lipinski definition) is 2. The number of rotatable bonds is 8. The summed E-state index contributed by atoms with van der Waals surface area (Å²) in [5.41, 5.74) is 3.70. The molecule has 2 N–H and O–H groups in total. The molecule has 0 aliphatic heterocycles. The van der Waals surface area contributed by atoms with Crippen molar-refractivity contribution in [1.82, 2.24) is 0 Å². The summed E-state index contributed by atoms with van der Waals surface area (Å²) in [6, 6.07) is 21.0. The molecule has 0 unspecified atom stereocenters. The van der Waals surface area contributed by atoms with Gasteiger partial charge in [0.25, 0.3) is 10.0 Å². The van der Waals surface area contributed by atoms with Crippen LogP contribution in [0.15, 0.2) is 77.7 Å². The summed E-state index contributed by atoms with van der Waals surface area (Å²) >= 11 is 0. The van der Waals surface area contributed by atoms with Crippen LogP contribution in [0.3, 0.4) is 0 Å². The highest BCUT2D eigenvalue weighted by Gasteiger charge is 2.16. The molecule has 0 amide bonds. The lowest BCUT2D eigenvalue weighted by Crippen LogP contribution is -2.14. The minimum atomic E-state index is -3.65. The number of hydrogen-bond acceptors (Lipinski definition) is 3. The number of aromatic carboxylic acids is 1. The normalized spacial score (nSPS) is 11.2. The van der Waals surface area contributed by atoms with Crippen LogP contribution in [-0.2, 0) is 22.9 Å². The molecule has 0 saturated heterocycles. The van der Waals surface area contributed by atoms with Crippen LogP contribution in [0.4, 0.5) is 5.69 Å². The van der Waals surface area contributed by atoms with Crippen LogP contribution < -0.4 is 4.72 Å². The molecule has 0 bridgehead atoms. The van der Waals surface area contributed by atoms with Gasteiger partial charge in [0.05, 0.1) is 16.1 Å². The Bertz CT molecular complexity index is 1110. The lowest BCUT2D eigenvalue weighted by atomic mass is 10.0. The number of sulfonamides is 1. The molecule has 29 heavy (non-hydrogen) atoms. The van der Waals surface area contributed by atoms with Gasteiger partial charge in [0.2, 0.25) is 0 Å². The Morgan fingerprint density at radius 2 is 1.66 bits per heavy atom. The predicted molar refractivity (Wildman–Crippen MR) is 114 cm³/mol. The maximum atomic E-state index is 12.7. The van der Waals surface area contributed by atoms with Crippen molar-refractivity contribution in [3.8, 4) is 0 Å². The topological polar surface area (TPSA) is 83.5 Å². The van der Waals surface area contributed by atoms with Gasteiger partial charge in [0.15, 0.2) is 0 Å². The molecule has 3 aromatic rings. The van der Waals surface area contributed by atoms with Gasteiger partial charge in [0, 0.05) is 0 Å². The third-order valence-corrected chi connectivity index (χ3v) is 6.04. The average Bonchev–Trinajstić information content (AvgIpc) is 2.69. The fraction of sp³-hybridized carbons (Fsp3) is 0.174. The van der Waals surface area contributed by atoms with E-state index < -0.39 is 16.0 Å². The Labute approximate surface area is 171 Å². The van der Waals surface area contributed by atoms with Gasteiger partial charge < -0.3 is 5.11 Å². The molecular weight excluding hydrogens is 386 g/mol. The number of carbonyl (C=O) groups is 1. The van der Waals surface area contributed by atoms with Gasteiger partial charge in [-0.1, -0.05) is 42.5 Å². The van der Waals surface area contributed by atoms with E-state index in [4.69, 9.17) is 5.11 Å². The van der Waals surface area contributed by atoms with Gasteiger partial charge >= 0.3 is 5.97 Å². The van der Waals surface area contributed by atoms with Crippen molar-refractivity contribution in [2.24, 2.45) is 0 Å². The molecule has 150 valence electrons. The van der Waals surface area contributed by atoms with Crippen LogP contribution >= 0.6 is 0 Å². The van der Waals surface area contributed by atoms with E-state index in [1.54, 1.807) is 36.4 Å². The van der Waals surface area contributed by atoms with Gasteiger partial charge in [-0.15, -0.1) is 0 Å². The van der Waals surface area contributed by atoms with Crippen LogP contribution in [0.5, 0.6) is 0 Å².